The number of nitrogens with one attached hydrogen (secondary N) is 2. The zero-order valence-electron chi connectivity index (χ0n) is 11.4. The number of carboxylic acids is 1. The molecule has 0 radical (unpaired) electrons. The smallest absolute Gasteiger partial charge is 0.329 e. The van der Waals surface area contributed by atoms with Crippen LogP contribution in [0.5, 0.6) is 0 Å². The van der Waals surface area contributed by atoms with E-state index in [0.29, 0.717) is 18.9 Å². The van der Waals surface area contributed by atoms with Crippen LogP contribution in [-0.2, 0) is 9.59 Å². The lowest BCUT2D eigenvalue weighted by molar-refractivity contribution is -0.149. The van der Waals surface area contributed by atoms with Crippen LogP contribution in [0, 0.1) is 0 Å². The summed E-state index contributed by atoms with van der Waals surface area (Å²) in [7, 11) is 0. The molecule has 0 aromatic rings. The molecule has 0 bridgehead atoms. The predicted octanol–water partition coefficient (Wildman–Crippen LogP) is 1.42. The van der Waals surface area contributed by atoms with Gasteiger partial charge in [-0.1, -0.05) is 32.1 Å². The SMILES string of the molecule is O=C(CNC1CCCC1)NC1(C(=O)O)CCCCC1. The van der Waals surface area contributed by atoms with E-state index in [-0.39, 0.29) is 12.5 Å². The average molecular weight is 268 g/mol. The fourth-order valence-corrected chi connectivity index (χ4v) is 3.23. The second-order valence-corrected chi connectivity index (χ2v) is 5.86. The Kier molecular flexibility index (Phi) is 4.80. The number of hydrogen-bond donors (Lipinski definition) is 3. The fourth-order valence-electron chi connectivity index (χ4n) is 3.23. The first-order chi connectivity index (χ1) is 9.12. The molecule has 2 aliphatic rings. The van der Waals surface area contributed by atoms with Gasteiger partial charge in [-0.25, -0.2) is 4.79 Å². The third-order valence-electron chi connectivity index (χ3n) is 4.40. The largest absolute Gasteiger partial charge is 0.480 e. The molecule has 2 rings (SSSR count). The van der Waals surface area contributed by atoms with E-state index in [1.165, 1.54) is 12.8 Å². The molecule has 19 heavy (non-hydrogen) atoms. The number of carbonyl (C=O) groups excluding carboxylic acids is 1. The highest BCUT2D eigenvalue weighted by Crippen LogP contribution is 2.28. The van der Waals surface area contributed by atoms with Crippen molar-refractivity contribution in [2.24, 2.45) is 0 Å². The zero-order valence-corrected chi connectivity index (χ0v) is 11.4. The van der Waals surface area contributed by atoms with E-state index in [0.717, 1.165) is 32.1 Å². The second kappa shape index (κ2) is 6.37. The summed E-state index contributed by atoms with van der Waals surface area (Å²) in [6.07, 6.45) is 8.61. The predicted molar refractivity (Wildman–Crippen MR) is 71.9 cm³/mol. The number of carbonyl (C=O) groups is 2. The van der Waals surface area contributed by atoms with Crippen LogP contribution < -0.4 is 10.6 Å². The quantitative estimate of drug-likeness (QED) is 0.704. The van der Waals surface area contributed by atoms with E-state index < -0.39 is 11.5 Å². The molecular weight excluding hydrogens is 244 g/mol. The Morgan fingerprint density at radius 2 is 1.68 bits per heavy atom. The summed E-state index contributed by atoms with van der Waals surface area (Å²) in [6.45, 7) is 0.236. The summed E-state index contributed by atoms with van der Waals surface area (Å²) < 4.78 is 0. The fraction of sp³-hybridized carbons (Fsp3) is 0.857. The van der Waals surface area contributed by atoms with Gasteiger partial charge in [-0.2, -0.15) is 0 Å². The lowest BCUT2D eigenvalue weighted by atomic mass is 9.81. The maximum Gasteiger partial charge on any atom is 0.329 e. The molecule has 0 aliphatic heterocycles. The van der Waals surface area contributed by atoms with E-state index in [2.05, 4.69) is 10.6 Å². The van der Waals surface area contributed by atoms with Gasteiger partial charge in [0, 0.05) is 6.04 Å². The Morgan fingerprint density at radius 1 is 1.05 bits per heavy atom. The highest BCUT2D eigenvalue weighted by molar-refractivity contribution is 5.88. The van der Waals surface area contributed by atoms with E-state index >= 15 is 0 Å². The van der Waals surface area contributed by atoms with Crippen LogP contribution in [0.25, 0.3) is 0 Å². The minimum atomic E-state index is -1.02. The summed E-state index contributed by atoms with van der Waals surface area (Å²) in [4.78, 5) is 23.4. The lowest BCUT2D eigenvalue weighted by Crippen LogP contribution is -2.57. The molecule has 2 aliphatic carbocycles. The van der Waals surface area contributed by atoms with Crippen molar-refractivity contribution in [3.05, 3.63) is 0 Å². The molecule has 2 fully saturated rings. The van der Waals surface area contributed by atoms with Gasteiger partial charge in [0.05, 0.1) is 6.54 Å². The van der Waals surface area contributed by atoms with E-state index in [9.17, 15) is 14.7 Å². The zero-order chi connectivity index (χ0) is 13.7. The molecule has 2 saturated carbocycles. The first kappa shape index (κ1) is 14.3. The summed E-state index contributed by atoms with van der Waals surface area (Å²) in [5.74, 6) is -1.07. The standard InChI is InChI=1S/C14H24N2O3/c17-12(10-15-11-6-2-3-7-11)16-14(13(18)19)8-4-1-5-9-14/h11,15H,1-10H2,(H,16,17)(H,18,19). The Bertz CT molecular complexity index is 332. The first-order valence-corrected chi connectivity index (χ1v) is 7.40. The number of carboxylic acid groups (broad SMARTS) is 1. The van der Waals surface area contributed by atoms with Gasteiger partial charge in [0.1, 0.15) is 5.54 Å². The molecule has 0 aromatic carbocycles. The van der Waals surface area contributed by atoms with Crippen LogP contribution in [0.3, 0.4) is 0 Å². The molecule has 108 valence electrons. The first-order valence-electron chi connectivity index (χ1n) is 7.40. The molecule has 0 aromatic heterocycles. The topological polar surface area (TPSA) is 78.4 Å². The maximum atomic E-state index is 11.9. The van der Waals surface area contributed by atoms with Crippen molar-refractivity contribution in [2.75, 3.05) is 6.54 Å². The van der Waals surface area contributed by atoms with Crippen LogP contribution in [0.15, 0.2) is 0 Å². The molecule has 0 saturated heterocycles. The van der Waals surface area contributed by atoms with E-state index in [1.807, 2.05) is 0 Å². The van der Waals surface area contributed by atoms with Gasteiger partial charge in [0.2, 0.25) is 5.91 Å². The number of aliphatic carboxylic acids is 1. The molecular formula is C14H24N2O3. The maximum absolute atomic E-state index is 11.9. The molecule has 5 nitrogen and oxygen atoms in total. The van der Waals surface area contributed by atoms with Crippen LogP contribution in [0.2, 0.25) is 0 Å². The van der Waals surface area contributed by atoms with Gasteiger partial charge in [-0.15, -0.1) is 0 Å². The van der Waals surface area contributed by atoms with Crippen molar-refractivity contribution in [2.45, 2.75) is 69.4 Å². The molecule has 0 spiro atoms. The van der Waals surface area contributed by atoms with Crippen molar-refractivity contribution in [1.82, 2.24) is 10.6 Å². The Morgan fingerprint density at radius 3 is 2.26 bits per heavy atom. The number of rotatable bonds is 5. The van der Waals surface area contributed by atoms with Crippen LogP contribution in [0.1, 0.15) is 57.8 Å². The van der Waals surface area contributed by atoms with Crippen molar-refractivity contribution in [3.8, 4) is 0 Å². The summed E-state index contributed by atoms with van der Waals surface area (Å²) >= 11 is 0. The lowest BCUT2D eigenvalue weighted by Gasteiger charge is -2.34. The molecule has 0 heterocycles. The summed E-state index contributed by atoms with van der Waals surface area (Å²) in [6, 6.07) is 0.429. The molecule has 3 N–H and O–H groups in total. The van der Waals surface area contributed by atoms with E-state index in [1.54, 1.807) is 0 Å². The Labute approximate surface area is 114 Å². The van der Waals surface area contributed by atoms with Gasteiger partial charge < -0.3 is 15.7 Å². The molecule has 0 unspecified atom stereocenters. The second-order valence-electron chi connectivity index (χ2n) is 5.86. The number of amides is 1. The van der Waals surface area contributed by atoms with Crippen molar-refractivity contribution in [1.29, 1.82) is 0 Å². The van der Waals surface area contributed by atoms with Crippen LogP contribution >= 0.6 is 0 Å². The number of hydrogen-bond acceptors (Lipinski definition) is 3. The normalized spacial score (nSPS) is 23.2. The molecule has 1 amide bonds. The van der Waals surface area contributed by atoms with Crippen LogP contribution in [0.4, 0.5) is 0 Å². The Balaban J connectivity index is 1.82. The van der Waals surface area contributed by atoms with Crippen LogP contribution in [-0.4, -0.2) is 35.1 Å². The highest BCUT2D eigenvalue weighted by Gasteiger charge is 2.40. The van der Waals surface area contributed by atoms with Gasteiger partial charge in [-0.05, 0) is 25.7 Å². The minimum absolute atomic E-state index is 0.184. The average Bonchev–Trinajstić information content (AvgIpc) is 2.90. The van der Waals surface area contributed by atoms with Gasteiger partial charge in [0.25, 0.3) is 0 Å². The minimum Gasteiger partial charge on any atom is -0.480 e. The van der Waals surface area contributed by atoms with Gasteiger partial charge in [-0.3, -0.25) is 4.79 Å². The molecule has 5 heteroatoms. The third kappa shape index (κ3) is 3.69. The van der Waals surface area contributed by atoms with E-state index in [4.69, 9.17) is 0 Å². The van der Waals surface area contributed by atoms with Crippen molar-refractivity contribution in [3.63, 3.8) is 0 Å². The van der Waals surface area contributed by atoms with Gasteiger partial charge in [0.15, 0.2) is 0 Å². The monoisotopic (exact) mass is 268 g/mol. The van der Waals surface area contributed by atoms with Crippen molar-refractivity contribution >= 4 is 11.9 Å². The highest BCUT2D eigenvalue weighted by atomic mass is 16.4. The summed E-state index contributed by atoms with van der Waals surface area (Å²) in [5, 5.41) is 15.4. The van der Waals surface area contributed by atoms with Crippen molar-refractivity contribution < 1.29 is 14.7 Å². The summed E-state index contributed by atoms with van der Waals surface area (Å²) in [5.41, 5.74) is -1.02. The third-order valence-corrected chi connectivity index (χ3v) is 4.40. The molecule has 0 atom stereocenters. The Hall–Kier alpha value is -1.10. The van der Waals surface area contributed by atoms with Gasteiger partial charge >= 0.3 is 5.97 Å².